The third-order valence-electron chi connectivity index (χ3n) is 2.29. The summed E-state index contributed by atoms with van der Waals surface area (Å²) in [6.45, 7) is 1.87. The van der Waals surface area contributed by atoms with Gasteiger partial charge in [-0.2, -0.15) is 0 Å². The molecular weight excluding hydrogens is 224 g/mol. The van der Waals surface area contributed by atoms with Crippen molar-refractivity contribution >= 4 is 11.6 Å². The molecule has 1 aromatic heterocycles. The molecule has 16 heavy (non-hydrogen) atoms. The molecule has 0 atom stereocenters. The quantitative estimate of drug-likeness (QED) is 0.799. The lowest BCUT2D eigenvalue weighted by atomic mass is 10.1. The Labute approximate surface area is 98.5 Å². The van der Waals surface area contributed by atoms with Crippen LogP contribution >= 0.6 is 11.6 Å². The molecule has 2 nitrogen and oxygen atoms in total. The fourth-order valence-corrected chi connectivity index (χ4v) is 1.79. The summed E-state index contributed by atoms with van der Waals surface area (Å²) in [5, 5.41) is 0.687. The predicted molar refractivity (Wildman–Crippen MR) is 64.0 cm³/mol. The number of aryl methyl sites for hydroxylation is 1. The van der Waals surface area contributed by atoms with E-state index in [-0.39, 0.29) is 5.63 Å². The highest BCUT2D eigenvalue weighted by Crippen LogP contribution is 2.18. The first-order valence-electron chi connectivity index (χ1n) is 4.99. The summed E-state index contributed by atoms with van der Waals surface area (Å²) in [4.78, 5) is 11.2. The SMILES string of the molecule is Cc1cc(Cc2ccccc2Cl)oc(=O)c1. The number of hydrogen-bond acceptors (Lipinski definition) is 2. The van der Waals surface area contributed by atoms with E-state index in [4.69, 9.17) is 16.0 Å². The highest BCUT2D eigenvalue weighted by molar-refractivity contribution is 6.31. The van der Waals surface area contributed by atoms with E-state index < -0.39 is 0 Å². The van der Waals surface area contributed by atoms with Gasteiger partial charge in [0.15, 0.2) is 0 Å². The van der Waals surface area contributed by atoms with Gasteiger partial charge in [0, 0.05) is 17.5 Å². The van der Waals surface area contributed by atoms with Gasteiger partial charge in [-0.05, 0) is 30.2 Å². The number of hydrogen-bond donors (Lipinski definition) is 0. The van der Waals surface area contributed by atoms with Crippen molar-refractivity contribution < 1.29 is 4.42 Å². The van der Waals surface area contributed by atoms with E-state index in [9.17, 15) is 4.79 Å². The topological polar surface area (TPSA) is 30.2 Å². The molecule has 3 heteroatoms. The van der Waals surface area contributed by atoms with E-state index in [0.29, 0.717) is 17.2 Å². The molecule has 2 rings (SSSR count). The summed E-state index contributed by atoms with van der Waals surface area (Å²) < 4.78 is 5.10. The monoisotopic (exact) mass is 234 g/mol. The van der Waals surface area contributed by atoms with Gasteiger partial charge in [-0.15, -0.1) is 0 Å². The number of halogens is 1. The Bertz CT molecular complexity index is 558. The van der Waals surface area contributed by atoms with Crippen LogP contribution in [-0.4, -0.2) is 0 Å². The molecule has 2 aromatic rings. The molecule has 0 spiro atoms. The predicted octanol–water partition coefficient (Wildman–Crippen LogP) is 3.19. The minimum Gasteiger partial charge on any atom is -0.428 e. The molecule has 0 amide bonds. The lowest BCUT2D eigenvalue weighted by molar-refractivity contribution is 0.467. The second-order valence-corrected chi connectivity index (χ2v) is 4.10. The summed E-state index contributed by atoms with van der Waals surface area (Å²) in [5.74, 6) is 0.637. The van der Waals surface area contributed by atoms with Gasteiger partial charge in [-0.3, -0.25) is 0 Å². The standard InChI is InChI=1S/C13H11ClO2/c1-9-6-11(16-13(15)7-9)8-10-4-2-3-5-12(10)14/h2-7H,8H2,1H3. The van der Waals surface area contributed by atoms with Gasteiger partial charge >= 0.3 is 5.63 Å². The first kappa shape index (κ1) is 11.0. The van der Waals surface area contributed by atoms with Crippen LogP contribution in [0.2, 0.25) is 5.02 Å². The molecular formula is C13H11ClO2. The Hall–Kier alpha value is -1.54. The lowest BCUT2D eigenvalue weighted by Crippen LogP contribution is -2.01. The highest BCUT2D eigenvalue weighted by atomic mass is 35.5. The van der Waals surface area contributed by atoms with Gasteiger partial charge < -0.3 is 4.42 Å². The average molecular weight is 235 g/mol. The number of benzene rings is 1. The first-order chi connectivity index (χ1) is 7.65. The van der Waals surface area contributed by atoms with Crippen LogP contribution in [0.3, 0.4) is 0 Å². The summed E-state index contributed by atoms with van der Waals surface area (Å²) in [6.07, 6.45) is 0.538. The van der Waals surface area contributed by atoms with Crippen LogP contribution in [0.5, 0.6) is 0 Å². The Morgan fingerprint density at radius 1 is 1.25 bits per heavy atom. The smallest absolute Gasteiger partial charge is 0.336 e. The van der Waals surface area contributed by atoms with Crippen molar-refractivity contribution in [2.45, 2.75) is 13.3 Å². The van der Waals surface area contributed by atoms with Gasteiger partial charge in [0.2, 0.25) is 0 Å². The molecule has 0 saturated carbocycles. The van der Waals surface area contributed by atoms with E-state index in [0.717, 1.165) is 11.1 Å². The molecule has 0 aliphatic carbocycles. The van der Waals surface area contributed by atoms with Crippen LogP contribution < -0.4 is 5.63 Å². The summed E-state index contributed by atoms with van der Waals surface area (Å²) in [5.41, 5.74) is 1.54. The molecule has 0 saturated heterocycles. The van der Waals surface area contributed by atoms with Crippen molar-refractivity contribution in [3.63, 3.8) is 0 Å². The Balaban J connectivity index is 2.34. The van der Waals surface area contributed by atoms with Crippen LogP contribution in [0, 0.1) is 6.92 Å². The minimum absolute atomic E-state index is 0.318. The molecule has 0 N–H and O–H groups in total. The van der Waals surface area contributed by atoms with Gasteiger partial charge in [-0.1, -0.05) is 29.8 Å². The van der Waals surface area contributed by atoms with Crippen LogP contribution in [-0.2, 0) is 6.42 Å². The van der Waals surface area contributed by atoms with Crippen LogP contribution in [0.25, 0.3) is 0 Å². The Morgan fingerprint density at radius 3 is 2.69 bits per heavy atom. The Kier molecular flexibility index (Phi) is 3.11. The van der Waals surface area contributed by atoms with Gasteiger partial charge in [0.25, 0.3) is 0 Å². The van der Waals surface area contributed by atoms with Crippen LogP contribution in [0.15, 0.2) is 45.6 Å². The van der Waals surface area contributed by atoms with Crippen molar-refractivity contribution in [1.82, 2.24) is 0 Å². The van der Waals surface area contributed by atoms with Crippen molar-refractivity contribution in [3.05, 3.63) is 68.7 Å². The molecule has 82 valence electrons. The fraction of sp³-hybridized carbons (Fsp3) is 0.154. The van der Waals surface area contributed by atoms with Gasteiger partial charge in [-0.25, -0.2) is 4.79 Å². The Morgan fingerprint density at radius 2 is 2.00 bits per heavy atom. The molecule has 1 heterocycles. The van der Waals surface area contributed by atoms with Crippen molar-refractivity contribution in [1.29, 1.82) is 0 Å². The molecule has 0 bridgehead atoms. The maximum atomic E-state index is 11.2. The fourth-order valence-electron chi connectivity index (χ4n) is 1.59. The summed E-state index contributed by atoms with van der Waals surface area (Å²) >= 11 is 6.03. The maximum Gasteiger partial charge on any atom is 0.336 e. The first-order valence-corrected chi connectivity index (χ1v) is 5.37. The van der Waals surface area contributed by atoms with E-state index in [2.05, 4.69) is 0 Å². The number of rotatable bonds is 2. The van der Waals surface area contributed by atoms with Crippen LogP contribution in [0.1, 0.15) is 16.9 Å². The van der Waals surface area contributed by atoms with E-state index in [1.54, 1.807) is 0 Å². The maximum absolute atomic E-state index is 11.2. The summed E-state index contributed by atoms with van der Waals surface area (Å²) in [7, 11) is 0. The van der Waals surface area contributed by atoms with Crippen molar-refractivity contribution in [2.75, 3.05) is 0 Å². The minimum atomic E-state index is -0.318. The van der Waals surface area contributed by atoms with E-state index >= 15 is 0 Å². The van der Waals surface area contributed by atoms with Crippen molar-refractivity contribution in [2.24, 2.45) is 0 Å². The highest BCUT2D eigenvalue weighted by Gasteiger charge is 2.04. The molecule has 0 aliphatic rings. The molecule has 0 radical (unpaired) electrons. The third-order valence-corrected chi connectivity index (χ3v) is 2.66. The largest absolute Gasteiger partial charge is 0.428 e. The normalized spacial score (nSPS) is 10.4. The van der Waals surface area contributed by atoms with Gasteiger partial charge in [0.1, 0.15) is 5.76 Å². The zero-order valence-electron chi connectivity index (χ0n) is 8.87. The molecule has 0 aliphatic heterocycles. The lowest BCUT2D eigenvalue weighted by Gasteiger charge is -2.03. The van der Waals surface area contributed by atoms with Crippen LogP contribution in [0.4, 0.5) is 0 Å². The molecule has 0 unspecified atom stereocenters. The van der Waals surface area contributed by atoms with Crippen molar-refractivity contribution in [3.8, 4) is 0 Å². The summed E-state index contributed by atoms with van der Waals surface area (Å²) in [6, 6.07) is 10.9. The third kappa shape index (κ3) is 2.52. The zero-order valence-corrected chi connectivity index (χ0v) is 9.62. The average Bonchev–Trinajstić information content (AvgIpc) is 2.20. The zero-order chi connectivity index (χ0) is 11.5. The second kappa shape index (κ2) is 4.54. The van der Waals surface area contributed by atoms with E-state index in [1.807, 2.05) is 37.3 Å². The van der Waals surface area contributed by atoms with E-state index in [1.165, 1.54) is 6.07 Å². The second-order valence-electron chi connectivity index (χ2n) is 3.69. The molecule has 0 fully saturated rings. The molecule has 1 aromatic carbocycles. The van der Waals surface area contributed by atoms with Gasteiger partial charge in [0.05, 0.1) is 0 Å².